The molecule has 0 aromatic heterocycles. The van der Waals surface area contributed by atoms with E-state index in [-0.39, 0.29) is 49.3 Å². The second kappa shape index (κ2) is 24.9. The number of methoxy groups -OCH3 is 3. The molecule has 0 fully saturated rings. The topological polar surface area (TPSA) is 154 Å². The second-order valence-corrected chi connectivity index (χ2v) is 18.1. The molecule has 374 valence electrons. The Morgan fingerprint density at radius 2 is 1.34 bits per heavy atom. The number of hydrogen-bond donors (Lipinski definition) is 2. The van der Waals surface area contributed by atoms with Crippen LogP contribution in [0.3, 0.4) is 0 Å². The minimum absolute atomic E-state index is 0.0182. The van der Waals surface area contributed by atoms with E-state index in [1.807, 2.05) is 107 Å². The molecule has 7 rings (SSSR count). The van der Waals surface area contributed by atoms with E-state index < -0.39 is 18.1 Å². The number of nitrogens with one attached hydrogen (secondary N) is 2. The molecule has 0 spiro atoms. The summed E-state index contributed by atoms with van der Waals surface area (Å²) in [6, 6.07) is 27.5. The lowest BCUT2D eigenvalue weighted by molar-refractivity contribution is -0.110. The fraction of sp³-hybridized carbons (Fsp3) is 0.393. The smallest absolute Gasteiger partial charge is 0.414 e. The highest BCUT2D eigenvalue weighted by Crippen LogP contribution is 2.44. The maximum atomic E-state index is 14.1. The number of carbonyl (C=O) groups excluding carboxylic acids is 4. The van der Waals surface area contributed by atoms with Gasteiger partial charge in [-0.15, -0.1) is 0 Å². The fourth-order valence-corrected chi connectivity index (χ4v) is 8.32. The van der Waals surface area contributed by atoms with Gasteiger partial charge >= 0.3 is 12.1 Å². The maximum absolute atomic E-state index is 14.1. The number of carbonyl (C=O) groups is 4. The molecule has 0 radical (unpaired) electrons. The van der Waals surface area contributed by atoms with E-state index in [1.165, 1.54) is 32.7 Å². The zero-order valence-electron chi connectivity index (χ0n) is 42.8. The van der Waals surface area contributed by atoms with Crippen LogP contribution in [0.25, 0.3) is 11.1 Å². The third-order valence-electron chi connectivity index (χ3n) is 11.4. The molecule has 5 aromatic rings. The van der Waals surface area contributed by atoms with Gasteiger partial charge in [0.15, 0.2) is 23.0 Å². The summed E-state index contributed by atoms with van der Waals surface area (Å²) >= 11 is 0. The highest BCUT2D eigenvalue weighted by atomic mass is 16.6. The van der Waals surface area contributed by atoms with Gasteiger partial charge in [0.25, 0.3) is 5.91 Å². The highest BCUT2D eigenvalue weighted by molar-refractivity contribution is 6.11. The van der Waals surface area contributed by atoms with Crippen LogP contribution in [-0.4, -0.2) is 78.0 Å². The molecule has 70 heavy (non-hydrogen) atoms. The van der Waals surface area contributed by atoms with Gasteiger partial charge < -0.3 is 44.0 Å². The van der Waals surface area contributed by atoms with Gasteiger partial charge in [-0.2, -0.15) is 0 Å². The molecule has 2 atom stereocenters. The Kier molecular flexibility index (Phi) is 19.1. The molecule has 1 unspecified atom stereocenters. The van der Waals surface area contributed by atoms with E-state index in [0.29, 0.717) is 63.9 Å². The van der Waals surface area contributed by atoms with Crippen molar-refractivity contribution in [2.45, 2.75) is 99.9 Å². The molecule has 2 aliphatic heterocycles. The van der Waals surface area contributed by atoms with Crippen LogP contribution in [-0.2, 0) is 40.3 Å². The summed E-state index contributed by atoms with van der Waals surface area (Å²) in [7, 11) is 6.11. The van der Waals surface area contributed by atoms with Crippen molar-refractivity contribution >= 4 is 41.4 Å². The van der Waals surface area contributed by atoms with Gasteiger partial charge in [0.05, 0.1) is 56.5 Å². The Bertz CT molecular complexity index is 2610. The second-order valence-electron chi connectivity index (χ2n) is 18.1. The number of hydrogen-bond acceptors (Lipinski definition) is 11. The lowest BCUT2D eigenvalue weighted by Gasteiger charge is -2.33. The summed E-state index contributed by atoms with van der Waals surface area (Å²) in [5, 5.41) is 6.04. The minimum Gasteiger partial charge on any atom is -0.493 e. The van der Waals surface area contributed by atoms with Gasteiger partial charge in [0.2, 0.25) is 6.41 Å². The first-order valence-electron chi connectivity index (χ1n) is 23.9. The number of para-hydroxylation sites is 1. The van der Waals surface area contributed by atoms with E-state index in [1.54, 1.807) is 37.4 Å². The van der Waals surface area contributed by atoms with Crippen molar-refractivity contribution in [3.63, 3.8) is 0 Å². The molecule has 3 amide bonds. The number of ether oxygens (including phenoxy) is 6. The summed E-state index contributed by atoms with van der Waals surface area (Å²) in [4.78, 5) is 56.2. The average Bonchev–Trinajstić information content (AvgIpc) is 3.70. The van der Waals surface area contributed by atoms with E-state index in [4.69, 9.17) is 28.4 Å². The molecular weight excluding hydrogens is 889 g/mol. The Morgan fingerprint density at radius 3 is 1.94 bits per heavy atom. The molecule has 5 aromatic carbocycles. The molecule has 2 N–H and O–H groups in total. The van der Waals surface area contributed by atoms with Gasteiger partial charge in [0, 0.05) is 43.0 Å². The molecule has 14 nitrogen and oxygen atoms in total. The zero-order valence-corrected chi connectivity index (χ0v) is 42.8. The van der Waals surface area contributed by atoms with Crippen LogP contribution in [0.4, 0.5) is 21.9 Å². The number of anilines is 3. The zero-order chi connectivity index (χ0) is 51.1. The third kappa shape index (κ3) is 12.9. The van der Waals surface area contributed by atoms with Crippen LogP contribution in [0, 0.1) is 5.41 Å². The molecule has 0 bridgehead atoms. The van der Waals surface area contributed by atoms with E-state index >= 15 is 0 Å². The molecule has 14 heteroatoms. The van der Waals surface area contributed by atoms with Crippen molar-refractivity contribution < 1.29 is 47.6 Å². The predicted molar refractivity (Wildman–Crippen MR) is 276 cm³/mol. The van der Waals surface area contributed by atoms with Gasteiger partial charge in [-0.1, -0.05) is 97.4 Å². The summed E-state index contributed by atoms with van der Waals surface area (Å²) in [5.74, 6) is 0.765. The summed E-state index contributed by atoms with van der Waals surface area (Å²) in [6.45, 7) is 16.5. The van der Waals surface area contributed by atoms with Gasteiger partial charge in [0.1, 0.15) is 13.2 Å². The Labute approximate surface area is 413 Å². The van der Waals surface area contributed by atoms with Crippen LogP contribution in [0.15, 0.2) is 91.0 Å². The quantitative estimate of drug-likeness (QED) is 0.0807. The largest absolute Gasteiger partial charge is 0.493 e. The van der Waals surface area contributed by atoms with Gasteiger partial charge in [-0.05, 0) is 89.4 Å². The van der Waals surface area contributed by atoms with Crippen LogP contribution < -0.4 is 39.4 Å². The average molecular weight is 959 g/mol. The van der Waals surface area contributed by atoms with Gasteiger partial charge in [-0.25, -0.2) is 9.59 Å². The van der Waals surface area contributed by atoms with Crippen molar-refractivity contribution in [1.29, 1.82) is 0 Å². The first kappa shape index (κ1) is 53.7. The first-order valence-corrected chi connectivity index (χ1v) is 23.9. The number of esters is 1. The monoisotopic (exact) mass is 959 g/mol. The summed E-state index contributed by atoms with van der Waals surface area (Å²) in [6.07, 6.45) is 2.55. The van der Waals surface area contributed by atoms with E-state index in [0.717, 1.165) is 34.4 Å². The Balaban J connectivity index is 0.00000176. The number of fused-ring (bicyclic) bond motifs is 4. The summed E-state index contributed by atoms with van der Waals surface area (Å²) < 4.78 is 35.4. The van der Waals surface area contributed by atoms with Crippen LogP contribution in [0.1, 0.15) is 105 Å². The number of amides is 3. The lowest BCUT2D eigenvalue weighted by Crippen LogP contribution is -2.46. The SMILES string of the molecule is CC.CCC.CNc1cc(OCc2cc(COc3cc4c(cc3OC)-c3ccccc3CC(NC=O)CN4C(=O)OCC(C)(C)C)cc(C(=O)OC)c2)c(OC)cc1C(=O)N1c2ccccc2C[C@H]1C. The number of rotatable bonds is 14. The fourth-order valence-electron chi connectivity index (χ4n) is 8.32. The first-order chi connectivity index (χ1) is 33.7. The van der Waals surface area contributed by atoms with Crippen molar-refractivity contribution in [3.05, 3.63) is 124 Å². The van der Waals surface area contributed by atoms with Crippen molar-refractivity contribution in [3.8, 4) is 34.1 Å². The van der Waals surface area contributed by atoms with E-state index in [2.05, 4.69) is 24.5 Å². The maximum Gasteiger partial charge on any atom is 0.414 e. The molecule has 0 aliphatic carbocycles. The Hall–Kier alpha value is -7.22. The van der Waals surface area contributed by atoms with Crippen LogP contribution in [0.5, 0.6) is 23.0 Å². The third-order valence-corrected chi connectivity index (χ3v) is 11.4. The predicted octanol–water partition coefficient (Wildman–Crippen LogP) is 11.1. The molecule has 0 saturated heterocycles. The summed E-state index contributed by atoms with van der Waals surface area (Å²) in [5.41, 5.74) is 7.30. The molecule has 2 aliphatic rings. The van der Waals surface area contributed by atoms with E-state index in [9.17, 15) is 19.2 Å². The highest BCUT2D eigenvalue weighted by Gasteiger charge is 2.34. The molecule has 2 heterocycles. The van der Waals surface area contributed by atoms with Crippen molar-refractivity contribution in [2.75, 3.05) is 56.6 Å². The van der Waals surface area contributed by atoms with Gasteiger partial charge in [-0.3, -0.25) is 14.5 Å². The minimum atomic E-state index is -0.573. The van der Waals surface area contributed by atoms with Crippen LogP contribution >= 0.6 is 0 Å². The molecule has 0 saturated carbocycles. The van der Waals surface area contributed by atoms with Crippen LogP contribution in [0.2, 0.25) is 0 Å². The normalized spacial score (nSPS) is 14.5. The number of nitrogens with zero attached hydrogens (tertiary/aromatic N) is 2. The van der Waals surface area contributed by atoms with Crippen molar-refractivity contribution in [2.24, 2.45) is 5.41 Å². The lowest BCUT2D eigenvalue weighted by atomic mass is 9.91. The number of benzene rings is 5. The Morgan fingerprint density at radius 1 is 0.743 bits per heavy atom. The standard InChI is InChI=1S/C51H56N4O10.C3H8.C2H6/c1-31-17-35-14-10-12-16-42(35)55(31)48(57)40-23-45(61-7)46(24-41(40)52-5)63-27-32-18-33(20-36(19-32)49(58)62-8)28-64-47-25-43-39(22-44(47)60-6)38-15-11-9-13-34(38)21-37(53-30-56)26-54(43)50(59)65-29-51(2,3)4;1-3-2;1-2/h9-16,18-20,22-25,30-31,37,52H,17,21,26-29H2,1-8H3,(H,53,56);3H2,1-2H3;1-2H3/t31-,37?;;/m1../s1. The molecular formula is C56H70N4O10. The van der Waals surface area contributed by atoms with Crippen molar-refractivity contribution in [1.82, 2.24) is 5.32 Å².